The molecule has 1 N–H and O–H groups in total. The molecule has 0 bridgehead atoms. The standard InChI is InChI=1S/C11H14N4/c1-9-3-4-11(12-5-9)13-6-10-7-15(2)8-14-10/h3-5,7-8H,6H2,1-2H3,(H,12,13). The number of nitrogens with one attached hydrogen (secondary N) is 1. The Labute approximate surface area is 89.0 Å². The van der Waals surface area contributed by atoms with Crippen LogP contribution >= 0.6 is 0 Å². The van der Waals surface area contributed by atoms with Crippen molar-refractivity contribution < 1.29 is 0 Å². The van der Waals surface area contributed by atoms with Gasteiger partial charge >= 0.3 is 0 Å². The lowest BCUT2D eigenvalue weighted by molar-refractivity contribution is 0.912. The summed E-state index contributed by atoms with van der Waals surface area (Å²) in [5, 5.41) is 3.21. The summed E-state index contributed by atoms with van der Waals surface area (Å²) in [7, 11) is 1.96. The average molecular weight is 202 g/mol. The zero-order chi connectivity index (χ0) is 10.7. The number of rotatable bonds is 3. The molecule has 0 radical (unpaired) electrons. The van der Waals surface area contributed by atoms with Crippen LogP contribution in [0.5, 0.6) is 0 Å². The Hall–Kier alpha value is -1.84. The Morgan fingerprint density at radius 3 is 2.80 bits per heavy atom. The van der Waals surface area contributed by atoms with E-state index in [0.29, 0.717) is 6.54 Å². The van der Waals surface area contributed by atoms with Crippen LogP contribution in [0.15, 0.2) is 30.9 Å². The summed E-state index contributed by atoms with van der Waals surface area (Å²) in [5.41, 5.74) is 2.18. The molecular formula is C11H14N4. The molecule has 0 aliphatic heterocycles. The molecule has 0 unspecified atom stereocenters. The molecule has 78 valence electrons. The van der Waals surface area contributed by atoms with Crippen LogP contribution < -0.4 is 5.32 Å². The van der Waals surface area contributed by atoms with Crippen LogP contribution in [0.2, 0.25) is 0 Å². The normalized spacial score (nSPS) is 10.3. The van der Waals surface area contributed by atoms with Crippen molar-refractivity contribution in [3.8, 4) is 0 Å². The van der Waals surface area contributed by atoms with E-state index in [2.05, 4.69) is 15.3 Å². The molecule has 2 rings (SSSR count). The highest BCUT2D eigenvalue weighted by atomic mass is 15.0. The fourth-order valence-corrected chi connectivity index (χ4v) is 1.31. The van der Waals surface area contributed by atoms with Gasteiger partial charge in [0.15, 0.2) is 0 Å². The molecule has 2 aromatic heterocycles. The van der Waals surface area contributed by atoms with E-state index < -0.39 is 0 Å². The maximum atomic E-state index is 4.25. The largest absolute Gasteiger partial charge is 0.364 e. The lowest BCUT2D eigenvalue weighted by Gasteiger charge is -2.02. The number of aryl methyl sites for hydroxylation is 2. The topological polar surface area (TPSA) is 42.7 Å². The summed E-state index contributed by atoms with van der Waals surface area (Å²) in [4.78, 5) is 8.48. The Bertz CT molecular complexity index is 430. The van der Waals surface area contributed by atoms with E-state index in [1.165, 1.54) is 5.56 Å². The van der Waals surface area contributed by atoms with Crippen LogP contribution in [-0.2, 0) is 13.6 Å². The first-order chi connectivity index (χ1) is 7.24. The van der Waals surface area contributed by atoms with Gasteiger partial charge in [-0.25, -0.2) is 9.97 Å². The smallest absolute Gasteiger partial charge is 0.126 e. The SMILES string of the molecule is Cc1ccc(NCc2cn(C)cn2)nc1. The molecule has 0 aliphatic carbocycles. The molecule has 0 aliphatic rings. The second-order valence-corrected chi connectivity index (χ2v) is 3.60. The summed E-state index contributed by atoms with van der Waals surface area (Å²) >= 11 is 0. The highest BCUT2D eigenvalue weighted by Crippen LogP contribution is 2.05. The quantitative estimate of drug-likeness (QED) is 0.824. The molecule has 15 heavy (non-hydrogen) atoms. The van der Waals surface area contributed by atoms with E-state index in [4.69, 9.17) is 0 Å². The van der Waals surface area contributed by atoms with Crippen LogP contribution in [0.4, 0.5) is 5.82 Å². The van der Waals surface area contributed by atoms with Gasteiger partial charge in [-0.1, -0.05) is 6.07 Å². The first-order valence-electron chi connectivity index (χ1n) is 4.87. The molecule has 4 nitrogen and oxygen atoms in total. The monoisotopic (exact) mass is 202 g/mol. The zero-order valence-corrected chi connectivity index (χ0v) is 8.94. The van der Waals surface area contributed by atoms with Crippen molar-refractivity contribution in [3.63, 3.8) is 0 Å². The van der Waals surface area contributed by atoms with Crippen LogP contribution in [0.3, 0.4) is 0 Å². The van der Waals surface area contributed by atoms with E-state index in [1.54, 1.807) is 6.33 Å². The summed E-state index contributed by atoms with van der Waals surface area (Å²) in [6, 6.07) is 4.01. The highest BCUT2D eigenvalue weighted by Gasteiger charge is 1.97. The lowest BCUT2D eigenvalue weighted by atomic mass is 10.3. The predicted molar refractivity (Wildman–Crippen MR) is 59.5 cm³/mol. The van der Waals surface area contributed by atoms with Gasteiger partial charge in [0.25, 0.3) is 0 Å². The van der Waals surface area contributed by atoms with E-state index >= 15 is 0 Å². The first kappa shape index (κ1) is 9.71. The van der Waals surface area contributed by atoms with Crippen molar-refractivity contribution in [2.75, 3.05) is 5.32 Å². The first-order valence-corrected chi connectivity index (χ1v) is 4.87. The number of imidazole rings is 1. The average Bonchev–Trinajstić information content (AvgIpc) is 2.64. The molecule has 0 saturated carbocycles. The van der Waals surface area contributed by atoms with Crippen molar-refractivity contribution in [2.24, 2.45) is 7.05 Å². The summed E-state index contributed by atoms with van der Waals surface area (Å²) in [6.07, 6.45) is 5.63. The van der Waals surface area contributed by atoms with Gasteiger partial charge in [-0.2, -0.15) is 0 Å². The molecule has 4 heteroatoms. The van der Waals surface area contributed by atoms with Crippen molar-refractivity contribution in [1.29, 1.82) is 0 Å². The van der Waals surface area contributed by atoms with Gasteiger partial charge in [0.2, 0.25) is 0 Å². The minimum Gasteiger partial charge on any atom is -0.364 e. The summed E-state index contributed by atoms with van der Waals surface area (Å²) in [6.45, 7) is 2.73. The van der Waals surface area contributed by atoms with Crippen molar-refractivity contribution in [1.82, 2.24) is 14.5 Å². The van der Waals surface area contributed by atoms with Gasteiger partial charge in [0.05, 0.1) is 18.6 Å². The van der Waals surface area contributed by atoms with E-state index in [1.807, 2.05) is 43.1 Å². The molecule has 2 aromatic rings. The Morgan fingerprint density at radius 2 is 2.20 bits per heavy atom. The van der Waals surface area contributed by atoms with Gasteiger partial charge in [0, 0.05) is 19.4 Å². The van der Waals surface area contributed by atoms with Gasteiger partial charge in [-0.05, 0) is 18.6 Å². The maximum absolute atomic E-state index is 4.25. The molecule has 0 fully saturated rings. The van der Waals surface area contributed by atoms with Crippen molar-refractivity contribution >= 4 is 5.82 Å². The third-order valence-corrected chi connectivity index (χ3v) is 2.12. The minimum atomic E-state index is 0.705. The van der Waals surface area contributed by atoms with E-state index in [9.17, 15) is 0 Å². The van der Waals surface area contributed by atoms with Crippen LogP contribution in [0.1, 0.15) is 11.3 Å². The second-order valence-electron chi connectivity index (χ2n) is 3.60. The molecule has 2 heterocycles. The summed E-state index contributed by atoms with van der Waals surface area (Å²) in [5.74, 6) is 0.881. The predicted octanol–water partition coefficient (Wildman–Crippen LogP) is 1.74. The zero-order valence-electron chi connectivity index (χ0n) is 8.94. The molecule has 0 amide bonds. The molecule has 0 spiro atoms. The lowest BCUT2D eigenvalue weighted by Crippen LogP contribution is -2.01. The van der Waals surface area contributed by atoms with Crippen molar-refractivity contribution in [3.05, 3.63) is 42.1 Å². The Morgan fingerprint density at radius 1 is 1.33 bits per heavy atom. The van der Waals surface area contributed by atoms with Crippen LogP contribution in [-0.4, -0.2) is 14.5 Å². The number of aromatic nitrogens is 3. The van der Waals surface area contributed by atoms with E-state index in [0.717, 1.165) is 11.5 Å². The molecular weight excluding hydrogens is 188 g/mol. The van der Waals surface area contributed by atoms with Gasteiger partial charge in [-0.15, -0.1) is 0 Å². The highest BCUT2D eigenvalue weighted by molar-refractivity contribution is 5.35. The molecule has 0 saturated heterocycles. The Kier molecular flexibility index (Phi) is 2.67. The van der Waals surface area contributed by atoms with E-state index in [-0.39, 0.29) is 0 Å². The fourth-order valence-electron chi connectivity index (χ4n) is 1.31. The number of hydrogen-bond donors (Lipinski definition) is 1. The Balaban J connectivity index is 1.96. The second kappa shape index (κ2) is 4.13. The van der Waals surface area contributed by atoms with Gasteiger partial charge < -0.3 is 9.88 Å². The van der Waals surface area contributed by atoms with Crippen LogP contribution in [0.25, 0.3) is 0 Å². The number of anilines is 1. The minimum absolute atomic E-state index is 0.705. The third kappa shape index (κ3) is 2.56. The summed E-state index contributed by atoms with van der Waals surface area (Å²) < 4.78 is 1.93. The fraction of sp³-hybridized carbons (Fsp3) is 0.273. The van der Waals surface area contributed by atoms with Gasteiger partial charge in [-0.3, -0.25) is 0 Å². The number of pyridine rings is 1. The number of nitrogens with zero attached hydrogens (tertiary/aromatic N) is 3. The molecule has 0 atom stereocenters. The van der Waals surface area contributed by atoms with Crippen LogP contribution in [0, 0.1) is 6.92 Å². The van der Waals surface area contributed by atoms with Crippen molar-refractivity contribution in [2.45, 2.75) is 13.5 Å². The van der Waals surface area contributed by atoms with Gasteiger partial charge in [0.1, 0.15) is 5.82 Å². The molecule has 0 aromatic carbocycles. The number of hydrogen-bond acceptors (Lipinski definition) is 3. The third-order valence-electron chi connectivity index (χ3n) is 2.12. The maximum Gasteiger partial charge on any atom is 0.126 e.